The van der Waals surface area contributed by atoms with Crippen molar-refractivity contribution >= 4 is 17.8 Å². The van der Waals surface area contributed by atoms with Gasteiger partial charge in [0.1, 0.15) is 11.8 Å². The molecule has 0 spiro atoms. The fraction of sp³-hybridized carbons (Fsp3) is 0.607. The quantitative estimate of drug-likeness (QED) is 0.505. The third-order valence-corrected chi connectivity index (χ3v) is 8.96. The second-order valence-corrected chi connectivity index (χ2v) is 11.1. The third kappa shape index (κ3) is 4.19. The Balaban J connectivity index is 1.14. The van der Waals surface area contributed by atoms with Gasteiger partial charge in [-0.15, -0.1) is 0 Å². The fourth-order valence-electron chi connectivity index (χ4n) is 7.32. The van der Waals surface area contributed by atoms with Crippen molar-refractivity contribution in [2.75, 3.05) is 26.7 Å². The van der Waals surface area contributed by atoms with Gasteiger partial charge < -0.3 is 15.0 Å². The number of nitrogens with one attached hydrogen (secondary N) is 1. The first-order valence-electron chi connectivity index (χ1n) is 13.5. The molecule has 4 fully saturated rings. The van der Waals surface area contributed by atoms with Gasteiger partial charge in [0.25, 0.3) is 5.91 Å². The Morgan fingerprint density at radius 1 is 1.11 bits per heavy atom. The number of benzene rings is 1. The summed E-state index contributed by atoms with van der Waals surface area (Å²) >= 11 is 0. The zero-order valence-corrected chi connectivity index (χ0v) is 21.0. The molecular weight excluding hydrogens is 456 g/mol. The summed E-state index contributed by atoms with van der Waals surface area (Å²) in [5.74, 6) is 1.46. The molecule has 0 radical (unpaired) electrons. The van der Waals surface area contributed by atoms with E-state index in [9.17, 15) is 14.4 Å². The Hall–Kier alpha value is -2.87. The number of carbonyl (C=O) groups is 3. The monoisotopic (exact) mass is 492 g/mol. The molecule has 2 bridgehead atoms. The minimum atomic E-state index is -0.799. The number of hydrogen-bond acceptors (Lipinski definition) is 5. The topological polar surface area (TPSA) is 82.2 Å². The van der Waals surface area contributed by atoms with Crippen LogP contribution in [-0.2, 0) is 16.1 Å². The Labute approximate surface area is 212 Å². The number of carbonyl (C=O) groups excluding carboxylic acids is 3. The van der Waals surface area contributed by atoms with E-state index in [2.05, 4.69) is 16.3 Å². The molecule has 6 rings (SSSR count). The van der Waals surface area contributed by atoms with Crippen LogP contribution in [0, 0.1) is 11.8 Å². The largest absolute Gasteiger partial charge is 0.497 e. The standard InChI is InChI=1S/C28H36N4O4/c1-36-22-9-7-18(8-10-22)16-32-27(34)23(29-28(32)35)15-25(33)31-12-4-5-19-13-20-14-21(26(19)31)17-30-11-3-2-6-24(20)30/h7-10,13,20-21,23-24,26H,2-6,11-12,14-17H2,1H3,(H,29,35)/t20-,21-,23-,24+,26+/m0/s1. The molecule has 1 aromatic rings. The molecule has 1 aromatic carbocycles. The van der Waals surface area contributed by atoms with Crippen molar-refractivity contribution in [1.82, 2.24) is 20.0 Å². The molecule has 1 aliphatic carbocycles. The summed E-state index contributed by atoms with van der Waals surface area (Å²) in [7, 11) is 1.60. The van der Waals surface area contributed by atoms with E-state index in [0.717, 1.165) is 43.7 Å². The third-order valence-electron chi connectivity index (χ3n) is 8.96. The summed E-state index contributed by atoms with van der Waals surface area (Å²) in [6, 6.07) is 6.89. The first kappa shape index (κ1) is 23.5. The molecule has 5 atom stereocenters. The Kier molecular flexibility index (Phi) is 6.23. The average Bonchev–Trinajstić information content (AvgIpc) is 3.16. The zero-order chi connectivity index (χ0) is 24.8. The summed E-state index contributed by atoms with van der Waals surface area (Å²) in [5.41, 5.74) is 2.27. The van der Waals surface area contributed by atoms with E-state index >= 15 is 0 Å². The predicted molar refractivity (Wildman–Crippen MR) is 134 cm³/mol. The van der Waals surface area contributed by atoms with Crippen LogP contribution >= 0.6 is 0 Å². The molecule has 36 heavy (non-hydrogen) atoms. The van der Waals surface area contributed by atoms with Gasteiger partial charge in [0.15, 0.2) is 0 Å². The first-order valence-corrected chi connectivity index (χ1v) is 13.5. The van der Waals surface area contributed by atoms with E-state index in [1.165, 1.54) is 36.3 Å². The van der Waals surface area contributed by atoms with Crippen molar-refractivity contribution in [1.29, 1.82) is 0 Å². The van der Waals surface area contributed by atoms with Crippen LogP contribution in [0.1, 0.15) is 50.5 Å². The smallest absolute Gasteiger partial charge is 0.325 e. The lowest BCUT2D eigenvalue weighted by molar-refractivity contribution is -0.139. The normalized spacial score (nSPS) is 31.9. The summed E-state index contributed by atoms with van der Waals surface area (Å²) in [5, 5.41) is 2.76. The minimum absolute atomic E-state index is 0.0187. The highest BCUT2D eigenvalue weighted by Crippen LogP contribution is 2.45. The number of nitrogens with zero attached hydrogens (tertiary/aromatic N) is 3. The van der Waals surface area contributed by atoms with E-state index in [4.69, 9.17) is 4.74 Å². The predicted octanol–water partition coefficient (Wildman–Crippen LogP) is 2.93. The maximum Gasteiger partial charge on any atom is 0.325 e. The van der Waals surface area contributed by atoms with Gasteiger partial charge >= 0.3 is 6.03 Å². The maximum atomic E-state index is 13.6. The second kappa shape index (κ2) is 9.54. The Bertz CT molecular complexity index is 1070. The van der Waals surface area contributed by atoms with Gasteiger partial charge in [0, 0.05) is 19.1 Å². The molecule has 4 aliphatic heterocycles. The molecule has 4 saturated heterocycles. The lowest BCUT2D eigenvalue weighted by Gasteiger charge is -2.54. The van der Waals surface area contributed by atoms with E-state index in [1.54, 1.807) is 7.11 Å². The van der Waals surface area contributed by atoms with Crippen LogP contribution in [0.15, 0.2) is 35.9 Å². The van der Waals surface area contributed by atoms with Crippen molar-refractivity contribution in [3.8, 4) is 5.75 Å². The van der Waals surface area contributed by atoms with Crippen LogP contribution in [-0.4, -0.2) is 77.4 Å². The minimum Gasteiger partial charge on any atom is -0.497 e. The average molecular weight is 493 g/mol. The van der Waals surface area contributed by atoms with Crippen LogP contribution in [0.3, 0.4) is 0 Å². The number of piperidine rings is 3. The number of amides is 4. The number of hydrogen-bond donors (Lipinski definition) is 1. The number of likely N-dealkylation sites (tertiary alicyclic amines) is 1. The molecule has 0 unspecified atom stereocenters. The first-order chi connectivity index (χ1) is 17.5. The number of fused-ring (bicyclic) bond motifs is 6. The molecule has 0 saturated carbocycles. The molecule has 8 nitrogen and oxygen atoms in total. The molecule has 4 amide bonds. The highest BCUT2D eigenvalue weighted by atomic mass is 16.5. The fourth-order valence-corrected chi connectivity index (χ4v) is 7.32. The van der Waals surface area contributed by atoms with Gasteiger partial charge in [-0.3, -0.25) is 19.4 Å². The van der Waals surface area contributed by atoms with Crippen molar-refractivity contribution in [2.24, 2.45) is 11.8 Å². The number of imide groups is 1. The van der Waals surface area contributed by atoms with E-state index < -0.39 is 12.1 Å². The van der Waals surface area contributed by atoms with Gasteiger partial charge in [-0.25, -0.2) is 4.79 Å². The van der Waals surface area contributed by atoms with E-state index in [0.29, 0.717) is 17.9 Å². The van der Waals surface area contributed by atoms with Crippen molar-refractivity contribution in [2.45, 2.75) is 69.6 Å². The van der Waals surface area contributed by atoms with Gasteiger partial charge in [0.2, 0.25) is 5.91 Å². The molecule has 8 heteroatoms. The highest BCUT2D eigenvalue weighted by molar-refractivity contribution is 6.05. The number of urea groups is 1. The van der Waals surface area contributed by atoms with E-state index in [1.807, 2.05) is 29.2 Å². The molecule has 0 aromatic heterocycles. The summed E-state index contributed by atoms with van der Waals surface area (Å²) < 4.78 is 5.18. The SMILES string of the molecule is COc1ccc(CN2C(=O)N[C@@H](CC(=O)N3CCCC4=C[C@H]5C[C@@H](CN6CCCC[C@H]56)[C@@H]43)C2=O)cc1. The van der Waals surface area contributed by atoms with Crippen LogP contribution in [0.25, 0.3) is 0 Å². The Morgan fingerprint density at radius 2 is 1.94 bits per heavy atom. The Morgan fingerprint density at radius 3 is 2.75 bits per heavy atom. The molecule has 4 heterocycles. The van der Waals surface area contributed by atoms with E-state index in [-0.39, 0.29) is 30.8 Å². The molecule has 192 valence electrons. The zero-order valence-electron chi connectivity index (χ0n) is 21.0. The van der Waals surface area contributed by atoms with Crippen molar-refractivity contribution < 1.29 is 19.1 Å². The van der Waals surface area contributed by atoms with Crippen LogP contribution in [0.5, 0.6) is 5.75 Å². The number of rotatable bonds is 5. The van der Waals surface area contributed by atoms with Gasteiger partial charge in [-0.05, 0) is 68.2 Å². The van der Waals surface area contributed by atoms with Crippen LogP contribution < -0.4 is 10.1 Å². The van der Waals surface area contributed by atoms with Crippen LogP contribution in [0.4, 0.5) is 4.79 Å². The highest BCUT2D eigenvalue weighted by Gasteiger charge is 2.48. The lowest BCUT2D eigenvalue weighted by atomic mass is 9.68. The van der Waals surface area contributed by atoms with Gasteiger partial charge in [0.05, 0.1) is 26.1 Å². The summed E-state index contributed by atoms with van der Waals surface area (Å²) in [4.78, 5) is 45.2. The summed E-state index contributed by atoms with van der Waals surface area (Å²) in [6.45, 7) is 3.16. The van der Waals surface area contributed by atoms with Gasteiger partial charge in [-0.2, -0.15) is 0 Å². The molecule has 1 N–H and O–H groups in total. The molecule has 5 aliphatic rings. The second-order valence-electron chi connectivity index (χ2n) is 11.1. The lowest BCUT2D eigenvalue weighted by Crippen LogP contribution is -2.60. The van der Waals surface area contributed by atoms with Gasteiger partial charge in [-0.1, -0.05) is 30.2 Å². The molecular formula is C28H36N4O4. The number of methoxy groups -OCH3 is 1. The van der Waals surface area contributed by atoms with Crippen molar-refractivity contribution in [3.05, 3.63) is 41.5 Å². The summed E-state index contributed by atoms with van der Waals surface area (Å²) in [6.07, 6.45) is 9.63. The number of ether oxygens (including phenoxy) is 1. The van der Waals surface area contributed by atoms with Crippen molar-refractivity contribution in [3.63, 3.8) is 0 Å². The maximum absolute atomic E-state index is 13.6. The van der Waals surface area contributed by atoms with Crippen LogP contribution in [0.2, 0.25) is 0 Å².